The predicted octanol–water partition coefficient (Wildman–Crippen LogP) is 3.07. The van der Waals surface area contributed by atoms with Crippen LogP contribution in [0.5, 0.6) is 5.75 Å². The van der Waals surface area contributed by atoms with E-state index in [9.17, 15) is 14.9 Å². The molecular formula is C16H11N3O4. The van der Waals surface area contributed by atoms with Gasteiger partial charge in [0.25, 0.3) is 5.69 Å². The molecule has 0 atom stereocenters. The first kappa shape index (κ1) is 14.6. The van der Waals surface area contributed by atoms with Gasteiger partial charge in [0, 0.05) is 12.1 Å². The monoisotopic (exact) mass is 309 g/mol. The van der Waals surface area contributed by atoms with Gasteiger partial charge in [-0.05, 0) is 36.8 Å². The molecule has 0 bridgehead atoms. The van der Waals surface area contributed by atoms with Crippen molar-refractivity contribution in [1.82, 2.24) is 9.97 Å². The highest BCUT2D eigenvalue weighted by Gasteiger charge is 2.13. The van der Waals surface area contributed by atoms with Crippen LogP contribution in [0.2, 0.25) is 0 Å². The number of esters is 1. The first-order valence-electron chi connectivity index (χ1n) is 6.73. The van der Waals surface area contributed by atoms with E-state index in [0.29, 0.717) is 11.0 Å². The lowest BCUT2D eigenvalue weighted by molar-refractivity contribution is -0.384. The third-order valence-corrected chi connectivity index (χ3v) is 3.16. The molecule has 3 rings (SSSR count). The Hall–Kier alpha value is -3.35. The average Bonchev–Trinajstić information content (AvgIpc) is 2.54. The van der Waals surface area contributed by atoms with E-state index in [1.54, 1.807) is 6.07 Å². The van der Waals surface area contributed by atoms with Gasteiger partial charge >= 0.3 is 5.97 Å². The predicted molar refractivity (Wildman–Crippen MR) is 82.3 cm³/mol. The number of carbonyl (C=O) groups excluding carboxylic acids is 1. The minimum atomic E-state index is -0.672. The number of rotatable bonds is 3. The molecule has 7 heteroatoms. The van der Waals surface area contributed by atoms with Gasteiger partial charge in [0.05, 0.1) is 22.2 Å². The zero-order valence-electron chi connectivity index (χ0n) is 12.1. The van der Waals surface area contributed by atoms with Crippen LogP contribution in [0.3, 0.4) is 0 Å². The van der Waals surface area contributed by atoms with E-state index in [1.807, 2.05) is 19.1 Å². The molecule has 23 heavy (non-hydrogen) atoms. The van der Waals surface area contributed by atoms with Crippen molar-refractivity contribution in [3.8, 4) is 5.75 Å². The highest BCUT2D eigenvalue weighted by molar-refractivity contribution is 5.91. The summed E-state index contributed by atoms with van der Waals surface area (Å²) in [4.78, 5) is 30.5. The van der Waals surface area contributed by atoms with Crippen LogP contribution >= 0.6 is 0 Å². The highest BCUT2D eigenvalue weighted by Crippen LogP contribution is 2.18. The Bertz CT molecular complexity index is 907. The van der Waals surface area contributed by atoms with Gasteiger partial charge in [0.2, 0.25) is 0 Å². The fraction of sp³-hybridized carbons (Fsp3) is 0.0625. The van der Waals surface area contributed by atoms with Gasteiger partial charge in [-0.15, -0.1) is 0 Å². The van der Waals surface area contributed by atoms with Crippen LogP contribution in [0.4, 0.5) is 5.69 Å². The maximum atomic E-state index is 12.1. The molecule has 0 saturated carbocycles. The fourth-order valence-electron chi connectivity index (χ4n) is 2.01. The molecule has 114 valence electrons. The smallest absolute Gasteiger partial charge is 0.363 e. The minimum Gasteiger partial charge on any atom is -0.422 e. The number of nitro groups is 1. The topological polar surface area (TPSA) is 95.2 Å². The summed E-state index contributed by atoms with van der Waals surface area (Å²) < 4.78 is 5.14. The number of fused-ring (bicyclic) bond motifs is 1. The van der Waals surface area contributed by atoms with Crippen LogP contribution in [0.1, 0.15) is 16.1 Å². The third kappa shape index (κ3) is 3.13. The average molecular weight is 309 g/mol. The Morgan fingerprint density at radius 2 is 1.87 bits per heavy atom. The first-order valence-corrected chi connectivity index (χ1v) is 6.73. The maximum Gasteiger partial charge on any atom is 0.363 e. The number of aryl methyl sites for hydroxylation is 1. The van der Waals surface area contributed by atoms with Crippen LogP contribution in [0.15, 0.2) is 48.7 Å². The molecule has 0 N–H and O–H groups in total. The van der Waals surface area contributed by atoms with E-state index < -0.39 is 10.9 Å². The number of nitrogens with zero attached hydrogens (tertiary/aromatic N) is 3. The summed E-state index contributed by atoms with van der Waals surface area (Å²) in [6, 6.07) is 10.8. The number of carbonyl (C=O) groups is 1. The van der Waals surface area contributed by atoms with Crippen LogP contribution in [0.25, 0.3) is 11.0 Å². The lowest BCUT2D eigenvalue weighted by Crippen LogP contribution is -2.11. The number of aromatic nitrogens is 2. The van der Waals surface area contributed by atoms with E-state index in [2.05, 4.69) is 9.97 Å². The van der Waals surface area contributed by atoms with Gasteiger partial charge in [-0.1, -0.05) is 6.07 Å². The van der Waals surface area contributed by atoms with Gasteiger partial charge in [-0.2, -0.15) is 0 Å². The van der Waals surface area contributed by atoms with Crippen molar-refractivity contribution in [3.63, 3.8) is 0 Å². The summed E-state index contributed by atoms with van der Waals surface area (Å²) in [5.74, 6) is -0.472. The zero-order chi connectivity index (χ0) is 16.4. The van der Waals surface area contributed by atoms with E-state index in [1.165, 1.54) is 30.5 Å². The number of non-ortho nitro benzene ring substituents is 1. The SMILES string of the molecule is Cc1ccc2nc(C(=O)Oc3ccc([N+](=O)[O-])cc3)cnc2c1. The maximum absolute atomic E-state index is 12.1. The Kier molecular flexibility index (Phi) is 3.68. The summed E-state index contributed by atoms with van der Waals surface area (Å²) in [6.07, 6.45) is 1.34. The van der Waals surface area contributed by atoms with Gasteiger partial charge in [0.15, 0.2) is 5.69 Å². The van der Waals surface area contributed by atoms with Crippen molar-refractivity contribution >= 4 is 22.7 Å². The molecule has 0 amide bonds. The normalized spacial score (nSPS) is 10.5. The van der Waals surface area contributed by atoms with Crippen LogP contribution in [-0.2, 0) is 0 Å². The molecule has 0 spiro atoms. The van der Waals surface area contributed by atoms with Crippen molar-refractivity contribution in [2.45, 2.75) is 6.92 Å². The summed E-state index contributed by atoms with van der Waals surface area (Å²) >= 11 is 0. The van der Waals surface area contributed by atoms with E-state index in [0.717, 1.165) is 5.56 Å². The molecule has 2 aromatic carbocycles. The Labute approximate surface area is 130 Å². The third-order valence-electron chi connectivity index (χ3n) is 3.16. The molecule has 0 aliphatic heterocycles. The second-order valence-corrected chi connectivity index (χ2v) is 4.89. The zero-order valence-corrected chi connectivity index (χ0v) is 12.1. The lowest BCUT2D eigenvalue weighted by atomic mass is 10.2. The van der Waals surface area contributed by atoms with E-state index in [4.69, 9.17) is 4.74 Å². The van der Waals surface area contributed by atoms with Gasteiger partial charge in [-0.3, -0.25) is 15.1 Å². The first-order chi connectivity index (χ1) is 11.0. The number of hydrogen-bond donors (Lipinski definition) is 0. The van der Waals surface area contributed by atoms with Crippen LogP contribution in [-0.4, -0.2) is 20.9 Å². The molecule has 0 fully saturated rings. The molecule has 0 radical (unpaired) electrons. The minimum absolute atomic E-state index is 0.0692. The standard InChI is InChI=1S/C16H11N3O4/c1-10-2-7-13-14(8-10)17-9-15(18-13)16(20)23-12-5-3-11(4-6-12)19(21)22/h2-9H,1H3. The summed E-state index contributed by atoms with van der Waals surface area (Å²) in [5.41, 5.74) is 2.32. The Morgan fingerprint density at radius 1 is 1.13 bits per heavy atom. The summed E-state index contributed by atoms with van der Waals surface area (Å²) in [5, 5.41) is 10.6. The molecule has 1 heterocycles. The van der Waals surface area contributed by atoms with Crippen molar-refractivity contribution in [3.05, 3.63) is 70.0 Å². The summed E-state index contributed by atoms with van der Waals surface area (Å²) in [6.45, 7) is 1.94. The molecule has 7 nitrogen and oxygen atoms in total. The van der Waals surface area contributed by atoms with Crippen molar-refractivity contribution in [2.75, 3.05) is 0 Å². The molecule has 0 saturated heterocycles. The highest BCUT2D eigenvalue weighted by atomic mass is 16.6. The molecule has 0 aliphatic rings. The molecule has 1 aromatic heterocycles. The largest absolute Gasteiger partial charge is 0.422 e. The Morgan fingerprint density at radius 3 is 2.57 bits per heavy atom. The molecule has 0 aliphatic carbocycles. The molecular weight excluding hydrogens is 298 g/mol. The van der Waals surface area contributed by atoms with Crippen LogP contribution < -0.4 is 4.74 Å². The molecule has 3 aromatic rings. The number of hydrogen-bond acceptors (Lipinski definition) is 6. The van der Waals surface area contributed by atoms with E-state index >= 15 is 0 Å². The molecule has 0 unspecified atom stereocenters. The van der Waals surface area contributed by atoms with Crippen molar-refractivity contribution < 1.29 is 14.5 Å². The van der Waals surface area contributed by atoms with E-state index in [-0.39, 0.29) is 17.1 Å². The quantitative estimate of drug-likeness (QED) is 0.319. The Balaban J connectivity index is 1.82. The van der Waals surface area contributed by atoms with Gasteiger partial charge in [0.1, 0.15) is 5.75 Å². The summed E-state index contributed by atoms with van der Waals surface area (Å²) in [7, 11) is 0. The number of benzene rings is 2. The van der Waals surface area contributed by atoms with Gasteiger partial charge in [-0.25, -0.2) is 9.78 Å². The van der Waals surface area contributed by atoms with Gasteiger partial charge < -0.3 is 4.74 Å². The lowest BCUT2D eigenvalue weighted by Gasteiger charge is -2.04. The van der Waals surface area contributed by atoms with Crippen molar-refractivity contribution in [1.29, 1.82) is 0 Å². The second-order valence-electron chi connectivity index (χ2n) is 4.89. The fourth-order valence-corrected chi connectivity index (χ4v) is 2.01. The van der Waals surface area contributed by atoms with Crippen molar-refractivity contribution in [2.24, 2.45) is 0 Å². The number of nitro benzene ring substituents is 1. The van der Waals surface area contributed by atoms with Crippen LogP contribution in [0, 0.1) is 17.0 Å². The number of ether oxygens (including phenoxy) is 1. The second kappa shape index (κ2) is 5.80.